The van der Waals surface area contributed by atoms with Crippen molar-refractivity contribution in [3.05, 3.63) is 51.3 Å². The van der Waals surface area contributed by atoms with Crippen molar-refractivity contribution in [3.8, 4) is 10.7 Å². The molecular formula is C15H12ClFN4OS2. The lowest BCUT2D eigenvalue weighted by Crippen LogP contribution is -2.15. The molecule has 0 aliphatic carbocycles. The fourth-order valence-electron chi connectivity index (χ4n) is 2.13. The number of aromatic nitrogens is 3. The zero-order valence-corrected chi connectivity index (χ0v) is 14.6. The molecule has 2 aromatic heterocycles. The Hall–Kier alpha value is -2.03. The first-order valence-corrected chi connectivity index (χ1v) is 8.65. The van der Waals surface area contributed by atoms with Crippen LogP contribution in [0.5, 0.6) is 0 Å². The highest BCUT2D eigenvalue weighted by atomic mass is 35.5. The highest BCUT2D eigenvalue weighted by molar-refractivity contribution is 7.71. The summed E-state index contributed by atoms with van der Waals surface area (Å²) in [4.78, 5) is 13.1. The van der Waals surface area contributed by atoms with E-state index in [0.717, 1.165) is 4.88 Å². The highest BCUT2D eigenvalue weighted by Gasteiger charge is 2.12. The second-order valence-corrected chi connectivity index (χ2v) is 6.65. The van der Waals surface area contributed by atoms with Gasteiger partial charge in [0.05, 0.1) is 9.90 Å². The normalized spacial score (nSPS) is 10.8. The van der Waals surface area contributed by atoms with Crippen LogP contribution in [-0.2, 0) is 11.3 Å². The quantitative estimate of drug-likeness (QED) is 0.639. The Morgan fingerprint density at radius 3 is 3.00 bits per heavy atom. The first-order valence-electron chi connectivity index (χ1n) is 6.98. The van der Waals surface area contributed by atoms with E-state index in [1.807, 2.05) is 17.5 Å². The van der Waals surface area contributed by atoms with Gasteiger partial charge in [0.15, 0.2) is 10.6 Å². The van der Waals surface area contributed by atoms with Crippen LogP contribution < -0.4 is 5.32 Å². The molecule has 9 heteroatoms. The number of nitrogens with zero attached hydrogens (tertiary/aromatic N) is 2. The van der Waals surface area contributed by atoms with E-state index in [4.69, 9.17) is 23.8 Å². The number of hydrogen-bond acceptors (Lipinski definition) is 4. The van der Waals surface area contributed by atoms with Crippen LogP contribution in [0.25, 0.3) is 10.7 Å². The van der Waals surface area contributed by atoms with Gasteiger partial charge >= 0.3 is 0 Å². The molecule has 0 aliphatic rings. The predicted octanol–water partition coefficient (Wildman–Crippen LogP) is 4.49. The van der Waals surface area contributed by atoms with Crippen LogP contribution in [0, 0.1) is 10.6 Å². The molecule has 0 radical (unpaired) electrons. The topological polar surface area (TPSA) is 62.7 Å². The van der Waals surface area contributed by atoms with Gasteiger partial charge in [-0.25, -0.2) is 4.39 Å². The number of thiophene rings is 1. The van der Waals surface area contributed by atoms with Gasteiger partial charge in [-0.2, -0.15) is 5.10 Å². The van der Waals surface area contributed by atoms with E-state index in [1.54, 1.807) is 15.9 Å². The van der Waals surface area contributed by atoms with Crippen molar-refractivity contribution in [2.75, 3.05) is 5.32 Å². The van der Waals surface area contributed by atoms with Gasteiger partial charge < -0.3 is 5.32 Å². The number of rotatable bonds is 5. The molecule has 0 saturated carbocycles. The molecule has 1 amide bonds. The molecule has 2 heterocycles. The summed E-state index contributed by atoms with van der Waals surface area (Å²) >= 11 is 12.5. The monoisotopic (exact) mass is 382 g/mol. The first kappa shape index (κ1) is 16.8. The third-order valence-electron chi connectivity index (χ3n) is 3.27. The van der Waals surface area contributed by atoms with Gasteiger partial charge in [0.1, 0.15) is 5.82 Å². The zero-order chi connectivity index (χ0) is 17.1. The molecule has 0 spiro atoms. The maximum Gasteiger partial charge on any atom is 0.226 e. The summed E-state index contributed by atoms with van der Waals surface area (Å²) in [5.41, 5.74) is 0.445. The van der Waals surface area contributed by atoms with Crippen LogP contribution >= 0.6 is 35.2 Å². The minimum atomic E-state index is -0.528. The summed E-state index contributed by atoms with van der Waals surface area (Å²) in [6.07, 6.45) is 0.196. The standard InChI is InChI=1S/C15H12ClFN4OS2/c16-10-8-9(3-4-11(10)17)18-13(22)5-6-21-14(19-20-15(21)23)12-2-1-7-24-12/h1-4,7-8H,5-6H2,(H,18,22)(H,20,23). The van der Waals surface area contributed by atoms with Gasteiger partial charge in [-0.3, -0.25) is 14.5 Å². The highest BCUT2D eigenvalue weighted by Crippen LogP contribution is 2.23. The molecule has 0 aliphatic heterocycles. The van der Waals surface area contributed by atoms with Gasteiger partial charge in [0, 0.05) is 18.7 Å². The summed E-state index contributed by atoms with van der Waals surface area (Å²) in [5.74, 6) is -0.0505. The predicted molar refractivity (Wildman–Crippen MR) is 95.4 cm³/mol. The molecule has 24 heavy (non-hydrogen) atoms. The van der Waals surface area contributed by atoms with Crippen molar-refractivity contribution in [2.45, 2.75) is 13.0 Å². The van der Waals surface area contributed by atoms with Crippen molar-refractivity contribution >= 4 is 46.8 Å². The van der Waals surface area contributed by atoms with E-state index in [9.17, 15) is 9.18 Å². The summed E-state index contributed by atoms with van der Waals surface area (Å²) in [5, 5.41) is 11.5. The fraction of sp³-hybridized carbons (Fsp3) is 0.133. The molecule has 0 atom stereocenters. The summed E-state index contributed by atoms with van der Waals surface area (Å²) in [6.45, 7) is 0.378. The summed E-state index contributed by atoms with van der Waals surface area (Å²) in [7, 11) is 0. The van der Waals surface area contributed by atoms with Crippen LogP contribution in [-0.4, -0.2) is 20.7 Å². The number of carbonyl (C=O) groups excluding carboxylic acids is 1. The Labute approximate surface area is 151 Å². The average molecular weight is 383 g/mol. The minimum absolute atomic E-state index is 0.0372. The maximum atomic E-state index is 13.1. The Morgan fingerprint density at radius 2 is 2.29 bits per heavy atom. The second-order valence-electron chi connectivity index (χ2n) is 4.91. The maximum absolute atomic E-state index is 13.1. The van der Waals surface area contributed by atoms with Crippen molar-refractivity contribution < 1.29 is 9.18 Å². The molecule has 5 nitrogen and oxygen atoms in total. The number of nitrogens with one attached hydrogen (secondary N) is 2. The van der Waals surface area contributed by atoms with Gasteiger partial charge in [-0.15, -0.1) is 11.3 Å². The van der Waals surface area contributed by atoms with Crippen molar-refractivity contribution in [2.24, 2.45) is 0 Å². The number of H-pyrrole nitrogens is 1. The van der Waals surface area contributed by atoms with Crippen molar-refractivity contribution in [1.82, 2.24) is 14.8 Å². The largest absolute Gasteiger partial charge is 0.326 e. The smallest absolute Gasteiger partial charge is 0.226 e. The van der Waals surface area contributed by atoms with E-state index in [-0.39, 0.29) is 17.4 Å². The molecule has 3 rings (SSSR count). The zero-order valence-electron chi connectivity index (χ0n) is 12.3. The Balaban J connectivity index is 1.68. The first-order chi connectivity index (χ1) is 11.5. The molecule has 2 N–H and O–H groups in total. The Kier molecular flexibility index (Phi) is 5.08. The average Bonchev–Trinajstić information content (AvgIpc) is 3.18. The lowest BCUT2D eigenvalue weighted by Gasteiger charge is -2.08. The second kappa shape index (κ2) is 7.25. The van der Waals surface area contributed by atoms with Crippen LogP contribution in [0.4, 0.5) is 10.1 Å². The van der Waals surface area contributed by atoms with E-state index in [2.05, 4.69) is 15.5 Å². The van der Waals surface area contributed by atoms with Crippen molar-refractivity contribution in [3.63, 3.8) is 0 Å². The Morgan fingerprint density at radius 1 is 1.46 bits per heavy atom. The molecule has 0 bridgehead atoms. The van der Waals surface area contributed by atoms with Crippen LogP contribution in [0.2, 0.25) is 5.02 Å². The van der Waals surface area contributed by atoms with E-state index < -0.39 is 5.82 Å². The summed E-state index contributed by atoms with van der Waals surface area (Å²) in [6, 6.07) is 7.90. The molecule has 0 unspecified atom stereocenters. The van der Waals surface area contributed by atoms with Crippen LogP contribution in [0.1, 0.15) is 6.42 Å². The number of anilines is 1. The SMILES string of the molecule is O=C(CCn1c(-c2cccs2)n[nH]c1=S)Nc1ccc(F)c(Cl)c1. The van der Waals surface area contributed by atoms with Gasteiger partial charge in [0.25, 0.3) is 0 Å². The molecule has 3 aromatic rings. The fourth-order valence-corrected chi connectivity index (χ4v) is 3.26. The molecule has 0 saturated heterocycles. The number of benzene rings is 1. The number of halogens is 2. The number of aromatic amines is 1. The third-order valence-corrected chi connectivity index (χ3v) is 4.73. The van der Waals surface area contributed by atoms with Crippen molar-refractivity contribution in [1.29, 1.82) is 0 Å². The van der Waals surface area contributed by atoms with Crippen LogP contribution in [0.3, 0.4) is 0 Å². The minimum Gasteiger partial charge on any atom is -0.326 e. The molecule has 124 valence electrons. The molecule has 1 aromatic carbocycles. The summed E-state index contributed by atoms with van der Waals surface area (Å²) < 4.78 is 15.4. The lowest BCUT2D eigenvalue weighted by molar-refractivity contribution is -0.116. The van der Waals surface area contributed by atoms with E-state index in [0.29, 0.717) is 22.8 Å². The number of carbonyl (C=O) groups is 1. The van der Waals surface area contributed by atoms with E-state index >= 15 is 0 Å². The van der Waals surface area contributed by atoms with Crippen LogP contribution in [0.15, 0.2) is 35.7 Å². The van der Waals surface area contributed by atoms with Gasteiger partial charge in [-0.1, -0.05) is 17.7 Å². The third kappa shape index (κ3) is 3.72. The molecule has 0 fully saturated rings. The van der Waals surface area contributed by atoms with E-state index in [1.165, 1.54) is 18.2 Å². The lowest BCUT2D eigenvalue weighted by atomic mass is 10.3. The van der Waals surface area contributed by atoms with Gasteiger partial charge in [-0.05, 0) is 41.9 Å². The number of hydrogen-bond donors (Lipinski definition) is 2. The molecular weight excluding hydrogens is 371 g/mol. The number of amides is 1. The Bertz CT molecular complexity index is 920. The van der Waals surface area contributed by atoms with Gasteiger partial charge in [0.2, 0.25) is 5.91 Å².